The van der Waals surface area contributed by atoms with Gasteiger partial charge in [-0.3, -0.25) is 14.4 Å². The van der Waals surface area contributed by atoms with E-state index in [1.807, 2.05) is 25.2 Å². The summed E-state index contributed by atoms with van der Waals surface area (Å²) in [5, 5.41) is 4.60. The third kappa shape index (κ3) is 3.07. The zero-order chi connectivity index (χ0) is 15.5. The van der Waals surface area contributed by atoms with Gasteiger partial charge in [0.15, 0.2) is 5.65 Å². The fourth-order valence-corrected chi connectivity index (χ4v) is 2.45. The Kier molecular flexibility index (Phi) is 4.02. The second kappa shape index (κ2) is 6.11. The summed E-state index contributed by atoms with van der Waals surface area (Å²) in [6, 6.07) is 10.4. The highest BCUT2D eigenvalue weighted by molar-refractivity contribution is 5.72. The highest BCUT2D eigenvalue weighted by Crippen LogP contribution is 2.06. The normalized spacial score (nSPS) is 11.4. The summed E-state index contributed by atoms with van der Waals surface area (Å²) in [7, 11) is 3.81. The number of likely N-dealkylation sites (N-methyl/N-ethyl adjacent to an activating group) is 1. The van der Waals surface area contributed by atoms with Crippen LogP contribution < -0.4 is 5.56 Å². The second-order valence-corrected chi connectivity index (χ2v) is 5.49. The fraction of sp³-hybridized carbons (Fsp3) is 0.312. The van der Waals surface area contributed by atoms with Crippen LogP contribution in [-0.4, -0.2) is 38.2 Å². The average Bonchev–Trinajstić information content (AvgIpc) is 2.88. The van der Waals surface area contributed by atoms with Crippen LogP contribution in [0.15, 0.2) is 41.3 Å². The number of rotatable bonds is 5. The van der Waals surface area contributed by atoms with E-state index in [0.29, 0.717) is 23.4 Å². The molecular formula is C16H19N5O. The number of nitrogens with one attached hydrogen (secondary N) is 1. The molecular weight excluding hydrogens is 278 g/mol. The number of hydrogen-bond acceptors (Lipinski definition) is 4. The van der Waals surface area contributed by atoms with Crippen molar-refractivity contribution in [3.05, 3.63) is 58.3 Å². The minimum absolute atomic E-state index is 0.135. The SMILES string of the molecule is CN(CCc1ccccc1)Cc1nc2c(cnn2C)c(=O)[nH]1. The maximum absolute atomic E-state index is 12.0. The Balaban J connectivity index is 1.70. The van der Waals surface area contributed by atoms with Gasteiger partial charge in [0.2, 0.25) is 0 Å². The standard InChI is InChI=1S/C16H19N5O/c1-20(9-8-12-6-4-3-5-7-12)11-14-18-15-13(16(22)19-14)10-17-21(15)2/h3-7,10H,8-9,11H2,1-2H3,(H,18,19,22). The van der Waals surface area contributed by atoms with Crippen LogP contribution in [0.4, 0.5) is 0 Å². The van der Waals surface area contributed by atoms with Gasteiger partial charge in [-0.15, -0.1) is 0 Å². The molecule has 2 heterocycles. The predicted octanol–water partition coefficient (Wildman–Crippen LogP) is 1.33. The first-order chi connectivity index (χ1) is 10.6. The first kappa shape index (κ1) is 14.5. The van der Waals surface area contributed by atoms with Gasteiger partial charge in [0, 0.05) is 13.6 Å². The molecule has 0 saturated heterocycles. The predicted molar refractivity (Wildman–Crippen MR) is 85.6 cm³/mol. The molecule has 0 atom stereocenters. The number of benzene rings is 1. The Labute approximate surface area is 128 Å². The third-order valence-electron chi connectivity index (χ3n) is 3.70. The summed E-state index contributed by atoms with van der Waals surface area (Å²) in [5.74, 6) is 0.664. The lowest BCUT2D eigenvalue weighted by Gasteiger charge is -2.15. The van der Waals surface area contributed by atoms with Gasteiger partial charge in [0.1, 0.15) is 11.2 Å². The Morgan fingerprint density at radius 2 is 2.05 bits per heavy atom. The van der Waals surface area contributed by atoms with Crippen LogP contribution in [-0.2, 0) is 20.0 Å². The van der Waals surface area contributed by atoms with Crippen molar-refractivity contribution >= 4 is 11.0 Å². The van der Waals surface area contributed by atoms with E-state index in [1.165, 1.54) is 5.56 Å². The number of hydrogen-bond donors (Lipinski definition) is 1. The molecule has 0 radical (unpaired) electrons. The van der Waals surface area contributed by atoms with Crippen LogP contribution in [0.25, 0.3) is 11.0 Å². The van der Waals surface area contributed by atoms with Gasteiger partial charge in [-0.2, -0.15) is 5.10 Å². The smallest absolute Gasteiger partial charge is 0.262 e. The van der Waals surface area contributed by atoms with E-state index in [1.54, 1.807) is 17.9 Å². The number of aromatic amines is 1. The second-order valence-electron chi connectivity index (χ2n) is 5.49. The number of aryl methyl sites for hydroxylation is 1. The zero-order valence-electron chi connectivity index (χ0n) is 12.8. The largest absolute Gasteiger partial charge is 0.309 e. The summed E-state index contributed by atoms with van der Waals surface area (Å²) >= 11 is 0. The molecule has 2 aromatic heterocycles. The van der Waals surface area contributed by atoms with Crippen molar-refractivity contribution in [3.8, 4) is 0 Å². The van der Waals surface area contributed by atoms with Crippen molar-refractivity contribution in [2.24, 2.45) is 7.05 Å². The molecule has 0 spiro atoms. The highest BCUT2D eigenvalue weighted by Gasteiger charge is 2.09. The van der Waals surface area contributed by atoms with Gasteiger partial charge in [0.25, 0.3) is 5.56 Å². The van der Waals surface area contributed by atoms with Crippen LogP contribution in [0.1, 0.15) is 11.4 Å². The molecule has 0 amide bonds. The number of fused-ring (bicyclic) bond motifs is 1. The minimum Gasteiger partial charge on any atom is -0.309 e. The molecule has 6 heteroatoms. The van der Waals surface area contributed by atoms with E-state index in [0.717, 1.165) is 13.0 Å². The van der Waals surface area contributed by atoms with Crippen molar-refractivity contribution in [3.63, 3.8) is 0 Å². The number of nitrogens with zero attached hydrogens (tertiary/aromatic N) is 4. The maximum atomic E-state index is 12.0. The summed E-state index contributed by atoms with van der Waals surface area (Å²) < 4.78 is 1.62. The zero-order valence-corrected chi connectivity index (χ0v) is 12.8. The Morgan fingerprint density at radius 3 is 2.82 bits per heavy atom. The molecule has 0 aliphatic heterocycles. The van der Waals surface area contributed by atoms with Gasteiger partial charge in [-0.25, -0.2) is 4.98 Å². The fourth-order valence-electron chi connectivity index (χ4n) is 2.45. The topological polar surface area (TPSA) is 66.8 Å². The quantitative estimate of drug-likeness (QED) is 0.771. The first-order valence-corrected chi connectivity index (χ1v) is 7.27. The molecule has 3 aromatic rings. The van der Waals surface area contributed by atoms with Crippen molar-refractivity contribution < 1.29 is 0 Å². The van der Waals surface area contributed by atoms with E-state index in [4.69, 9.17) is 0 Å². The Morgan fingerprint density at radius 1 is 1.27 bits per heavy atom. The summed E-state index contributed by atoms with van der Waals surface area (Å²) in [6.45, 7) is 1.50. The Bertz CT molecular complexity index is 821. The van der Waals surface area contributed by atoms with E-state index in [9.17, 15) is 4.79 Å². The van der Waals surface area contributed by atoms with Crippen LogP contribution in [0, 0.1) is 0 Å². The van der Waals surface area contributed by atoms with Gasteiger partial charge in [-0.05, 0) is 19.0 Å². The summed E-state index contributed by atoms with van der Waals surface area (Å²) in [4.78, 5) is 21.5. The van der Waals surface area contributed by atoms with Crippen molar-refractivity contribution in [2.45, 2.75) is 13.0 Å². The van der Waals surface area contributed by atoms with Gasteiger partial charge in [-0.1, -0.05) is 30.3 Å². The lowest BCUT2D eigenvalue weighted by molar-refractivity contribution is 0.322. The van der Waals surface area contributed by atoms with Crippen LogP contribution in [0.5, 0.6) is 0 Å². The van der Waals surface area contributed by atoms with E-state index >= 15 is 0 Å². The molecule has 1 N–H and O–H groups in total. The third-order valence-corrected chi connectivity index (χ3v) is 3.70. The maximum Gasteiger partial charge on any atom is 0.262 e. The lowest BCUT2D eigenvalue weighted by atomic mass is 10.1. The van der Waals surface area contributed by atoms with E-state index in [-0.39, 0.29) is 5.56 Å². The first-order valence-electron chi connectivity index (χ1n) is 7.27. The molecule has 0 bridgehead atoms. The minimum atomic E-state index is -0.135. The van der Waals surface area contributed by atoms with Crippen molar-refractivity contribution in [1.29, 1.82) is 0 Å². The van der Waals surface area contributed by atoms with Gasteiger partial charge in [0.05, 0.1) is 12.7 Å². The number of aromatic nitrogens is 4. The van der Waals surface area contributed by atoms with Gasteiger partial charge >= 0.3 is 0 Å². The van der Waals surface area contributed by atoms with Crippen LogP contribution in [0.2, 0.25) is 0 Å². The van der Waals surface area contributed by atoms with Crippen molar-refractivity contribution in [2.75, 3.05) is 13.6 Å². The molecule has 0 aliphatic carbocycles. The molecule has 0 unspecified atom stereocenters. The van der Waals surface area contributed by atoms with Crippen LogP contribution in [0.3, 0.4) is 0 Å². The molecule has 0 fully saturated rings. The van der Waals surface area contributed by atoms with E-state index < -0.39 is 0 Å². The monoisotopic (exact) mass is 297 g/mol. The Hall–Kier alpha value is -2.47. The lowest BCUT2D eigenvalue weighted by Crippen LogP contribution is -2.24. The van der Waals surface area contributed by atoms with Gasteiger partial charge < -0.3 is 4.98 Å². The molecule has 114 valence electrons. The molecule has 0 saturated carbocycles. The molecule has 0 aliphatic rings. The molecule has 6 nitrogen and oxygen atoms in total. The highest BCUT2D eigenvalue weighted by atomic mass is 16.1. The molecule has 1 aromatic carbocycles. The van der Waals surface area contributed by atoms with E-state index in [2.05, 4.69) is 32.1 Å². The molecule has 3 rings (SSSR count). The summed E-state index contributed by atoms with van der Waals surface area (Å²) in [6.07, 6.45) is 2.51. The molecule has 22 heavy (non-hydrogen) atoms. The van der Waals surface area contributed by atoms with Crippen LogP contribution >= 0.6 is 0 Å². The van der Waals surface area contributed by atoms with Crippen molar-refractivity contribution in [1.82, 2.24) is 24.6 Å². The number of H-pyrrole nitrogens is 1. The average molecular weight is 297 g/mol. The summed E-state index contributed by atoms with van der Waals surface area (Å²) in [5.41, 5.74) is 1.79.